The number of nitrogens with two attached hydrogens (primary N) is 1. The summed E-state index contributed by atoms with van der Waals surface area (Å²) in [6.07, 6.45) is 1.03. The number of nitrogens with one attached hydrogen (secondary N) is 1. The van der Waals surface area contributed by atoms with Gasteiger partial charge in [-0.25, -0.2) is 10.8 Å². The normalized spacial score (nSPS) is 19.5. The fourth-order valence-corrected chi connectivity index (χ4v) is 2.13. The number of carbonyl (C=O) groups excluding carboxylic acids is 1. The molecule has 6 heteroatoms. The van der Waals surface area contributed by atoms with Crippen molar-refractivity contribution in [2.24, 2.45) is 11.8 Å². The van der Waals surface area contributed by atoms with Gasteiger partial charge in [-0.1, -0.05) is 18.5 Å². The predicted octanol–water partition coefficient (Wildman–Crippen LogP) is 1.50. The first-order valence-corrected chi connectivity index (χ1v) is 5.92. The summed E-state index contributed by atoms with van der Waals surface area (Å²) in [6.45, 7) is 3.65. The van der Waals surface area contributed by atoms with Crippen LogP contribution in [0.3, 0.4) is 0 Å². The number of hydrogen-bond donors (Lipinski definition) is 2. The number of hydrazine groups is 1. The molecule has 0 saturated carbocycles. The molecule has 1 unspecified atom stereocenters. The Balaban J connectivity index is 2.24. The molecule has 5 nitrogen and oxygen atoms in total. The van der Waals surface area contributed by atoms with Crippen molar-refractivity contribution in [1.29, 1.82) is 0 Å². The van der Waals surface area contributed by atoms with Crippen LogP contribution in [0.2, 0.25) is 5.02 Å². The number of amides is 1. The van der Waals surface area contributed by atoms with Crippen molar-refractivity contribution in [3.8, 4) is 0 Å². The van der Waals surface area contributed by atoms with Gasteiger partial charge >= 0.3 is 0 Å². The fourth-order valence-electron chi connectivity index (χ4n) is 1.94. The van der Waals surface area contributed by atoms with E-state index in [0.29, 0.717) is 16.8 Å². The van der Waals surface area contributed by atoms with Crippen LogP contribution in [-0.4, -0.2) is 28.9 Å². The molecule has 1 amide bonds. The van der Waals surface area contributed by atoms with Crippen molar-refractivity contribution < 1.29 is 4.79 Å². The number of hydrogen-bond acceptors (Lipinski definition) is 4. The highest BCUT2D eigenvalue weighted by molar-refractivity contribution is 6.33. The Bertz CT molecular complexity index is 437. The molecule has 0 aromatic carbocycles. The molecule has 0 bridgehead atoms. The summed E-state index contributed by atoms with van der Waals surface area (Å²) < 4.78 is 0. The highest BCUT2D eigenvalue weighted by atomic mass is 35.5. The van der Waals surface area contributed by atoms with Gasteiger partial charge in [0, 0.05) is 13.1 Å². The molecule has 2 rings (SSSR count). The third-order valence-electron chi connectivity index (χ3n) is 2.91. The molecule has 1 atom stereocenters. The molecule has 1 fully saturated rings. The van der Waals surface area contributed by atoms with Crippen LogP contribution in [-0.2, 0) is 0 Å². The van der Waals surface area contributed by atoms with Crippen molar-refractivity contribution in [1.82, 2.24) is 9.88 Å². The zero-order valence-corrected chi connectivity index (χ0v) is 10.4. The smallest absolute Gasteiger partial charge is 0.274 e. The van der Waals surface area contributed by atoms with E-state index in [1.165, 1.54) is 0 Å². The number of anilines is 1. The number of rotatable bonds is 2. The van der Waals surface area contributed by atoms with Crippen LogP contribution in [0, 0.1) is 5.92 Å². The number of carbonyl (C=O) groups is 1. The maximum atomic E-state index is 12.2. The van der Waals surface area contributed by atoms with Crippen molar-refractivity contribution in [3.05, 3.63) is 22.8 Å². The predicted molar refractivity (Wildman–Crippen MR) is 66.7 cm³/mol. The van der Waals surface area contributed by atoms with Gasteiger partial charge in [0.15, 0.2) is 0 Å². The SMILES string of the molecule is CC1CCN(C(=O)c2nc(NN)ccc2Cl)C1. The molecule has 92 valence electrons. The van der Waals surface area contributed by atoms with E-state index in [4.69, 9.17) is 17.4 Å². The number of nitrogen functional groups attached to an aromatic ring is 1. The Labute approximate surface area is 105 Å². The summed E-state index contributed by atoms with van der Waals surface area (Å²) in [5, 5.41) is 0.355. The summed E-state index contributed by atoms with van der Waals surface area (Å²) in [6, 6.07) is 3.25. The number of likely N-dealkylation sites (tertiary alicyclic amines) is 1. The lowest BCUT2D eigenvalue weighted by atomic mass is 10.2. The fraction of sp³-hybridized carbons (Fsp3) is 0.455. The largest absolute Gasteiger partial charge is 0.337 e. The summed E-state index contributed by atoms with van der Waals surface area (Å²) in [5.74, 6) is 6.11. The lowest BCUT2D eigenvalue weighted by Gasteiger charge is -2.16. The van der Waals surface area contributed by atoms with Gasteiger partial charge in [0.25, 0.3) is 5.91 Å². The second kappa shape index (κ2) is 4.89. The molecule has 1 aromatic rings. The zero-order chi connectivity index (χ0) is 12.4. The molecule has 1 aliphatic rings. The minimum atomic E-state index is -0.128. The quantitative estimate of drug-likeness (QED) is 0.620. The van der Waals surface area contributed by atoms with Crippen LogP contribution in [0.4, 0.5) is 5.82 Å². The number of halogens is 1. The van der Waals surface area contributed by atoms with E-state index in [1.54, 1.807) is 17.0 Å². The van der Waals surface area contributed by atoms with Gasteiger partial charge in [0.05, 0.1) is 5.02 Å². The van der Waals surface area contributed by atoms with Crippen LogP contribution in [0.25, 0.3) is 0 Å². The lowest BCUT2D eigenvalue weighted by molar-refractivity contribution is 0.0782. The van der Waals surface area contributed by atoms with Crippen molar-refractivity contribution in [3.63, 3.8) is 0 Å². The van der Waals surface area contributed by atoms with Crippen molar-refractivity contribution >= 4 is 23.3 Å². The van der Waals surface area contributed by atoms with E-state index in [1.807, 2.05) is 0 Å². The standard InChI is InChI=1S/C11H15ClN4O/c1-7-4-5-16(6-7)11(17)10-8(12)2-3-9(14-10)15-13/h2-3,7H,4-6,13H2,1H3,(H,14,15). The molecule has 1 aromatic heterocycles. The maximum absolute atomic E-state index is 12.2. The Morgan fingerprint density at radius 3 is 3.00 bits per heavy atom. The van der Waals surface area contributed by atoms with Crippen LogP contribution in [0.15, 0.2) is 12.1 Å². The Morgan fingerprint density at radius 2 is 2.41 bits per heavy atom. The van der Waals surface area contributed by atoms with Crippen LogP contribution >= 0.6 is 11.6 Å². The third-order valence-corrected chi connectivity index (χ3v) is 3.21. The van der Waals surface area contributed by atoms with E-state index in [2.05, 4.69) is 17.3 Å². The summed E-state index contributed by atoms with van der Waals surface area (Å²) in [4.78, 5) is 18.1. The van der Waals surface area contributed by atoms with Crippen LogP contribution in [0.1, 0.15) is 23.8 Å². The first-order chi connectivity index (χ1) is 8.11. The van der Waals surface area contributed by atoms with Gasteiger partial charge in [-0.05, 0) is 24.5 Å². The highest BCUT2D eigenvalue weighted by Crippen LogP contribution is 2.22. The van der Waals surface area contributed by atoms with E-state index in [9.17, 15) is 4.79 Å². The molecular weight excluding hydrogens is 240 g/mol. The summed E-state index contributed by atoms with van der Waals surface area (Å²) in [5.41, 5.74) is 2.67. The monoisotopic (exact) mass is 254 g/mol. The van der Waals surface area contributed by atoms with Gasteiger partial charge in [-0.15, -0.1) is 0 Å². The summed E-state index contributed by atoms with van der Waals surface area (Å²) in [7, 11) is 0. The molecule has 0 aliphatic carbocycles. The van der Waals surface area contributed by atoms with E-state index >= 15 is 0 Å². The van der Waals surface area contributed by atoms with Crippen molar-refractivity contribution in [2.45, 2.75) is 13.3 Å². The number of pyridine rings is 1. The zero-order valence-electron chi connectivity index (χ0n) is 9.61. The molecule has 2 heterocycles. The molecule has 0 radical (unpaired) electrons. The third kappa shape index (κ3) is 2.50. The maximum Gasteiger partial charge on any atom is 0.274 e. The Hall–Kier alpha value is -1.33. The summed E-state index contributed by atoms with van der Waals surface area (Å²) >= 11 is 5.98. The van der Waals surface area contributed by atoms with Gasteiger partial charge in [-0.3, -0.25) is 4.79 Å². The average Bonchev–Trinajstić information content (AvgIpc) is 2.76. The van der Waals surface area contributed by atoms with E-state index < -0.39 is 0 Å². The van der Waals surface area contributed by atoms with E-state index in [-0.39, 0.29) is 11.6 Å². The highest BCUT2D eigenvalue weighted by Gasteiger charge is 2.26. The molecule has 17 heavy (non-hydrogen) atoms. The molecule has 0 spiro atoms. The topological polar surface area (TPSA) is 71.2 Å². The van der Waals surface area contributed by atoms with Gasteiger partial charge in [-0.2, -0.15) is 0 Å². The second-order valence-electron chi connectivity index (χ2n) is 4.32. The van der Waals surface area contributed by atoms with Gasteiger partial charge < -0.3 is 10.3 Å². The molecule has 1 aliphatic heterocycles. The Morgan fingerprint density at radius 1 is 1.65 bits per heavy atom. The van der Waals surface area contributed by atoms with Gasteiger partial charge in [0.2, 0.25) is 0 Å². The van der Waals surface area contributed by atoms with Crippen LogP contribution in [0.5, 0.6) is 0 Å². The molecule has 1 saturated heterocycles. The van der Waals surface area contributed by atoms with E-state index in [0.717, 1.165) is 19.5 Å². The van der Waals surface area contributed by atoms with Crippen LogP contribution < -0.4 is 11.3 Å². The number of nitrogens with zero attached hydrogens (tertiary/aromatic N) is 2. The molecular formula is C11H15ClN4O. The van der Waals surface area contributed by atoms with Crippen molar-refractivity contribution in [2.75, 3.05) is 18.5 Å². The minimum Gasteiger partial charge on any atom is -0.337 e. The first-order valence-electron chi connectivity index (χ1n) is 5.54. The molecule has 3 N–H and O–H groups in total. The lowest BCUT2D eigenvalue weighted by Crippen LogP contribution is -2.29. The Kier molecular flexibility index (Phi) is 3.49. The van der Waals surface area contributed by atoms with Gasteiger partial charge in [0.1, 0.15) is 11.5 Å². The first kappa shape index (κ1) is 12.1. The average molecular weight is 255 g/mol. The second-order valence-corrected chi connectivity index (χ2v) is 4.72. The number of aromatic nitrogens is 1. The minimum absolute atomic E-state index is 0.128.